The van der Waals surface area contributed by atoms with Crippen LogP contribution in [0.3, 0.4) is 0 Å². The molecule has 15 heavy (non-hydrogen) atoms. The van der Waals surface area contributed by atoms with Gasteiger partial charge < -0.3 is 14.8 Å². The average Bonchev–Trinajstić information content (AvgIpc) is 2.00. The molecule has 0 saturated carbocycles. The average molecular weight is 237 g/mol. The molecule has 0 rings (SSSR count). The number of carboxylic acid groups (broad SMARTS) is 2. The fraction of sp³-hybridized carbons (Fsp3) is 0.500. The summed E-state index contributed by atoms with van der Waals surface area (Å²) in [4.78, 5) is 21.4. The number of carboxylic acids is 2. The van der Waals surface area contributed by atoms with Gasteiger partial charge in [-0.25, -0.2) is 0 Å². The van der Waals surface area contributed by atoms with Gasteiger partial charge in [-0.3, -0.25) is 24.1 Å². The maximum absolute atomic E-state index is 10.3. The van der Waals surface area contributed by atoms with Crippen LogP contribution in [0.5, 0.6) is 0 Å². The summed E-state index contributed by atoms with van der Waals surface area (Å²) in [7, 11) is 0. The van der Waals surface area contributed by atoms with Crippen molar-refractivity contribution in [1.82, 2.24) is 4.90 Å². The fourth-order valence-electron chi connectivity index (χ4n) is 0.806. The molecule has 1 unspecified atom stereocenters. The molecule has 0 heterocycles. The lowest BCUT2D eigenvalue weighted by Crippen LogP contribution is -2.38. The summed E-state index contributed by atoms with van der Waals surface area (Å²) in [5.74, 6) is -2.58. The van der Waals surface area contributed by atoms with Crippen LogP contribution < -0.4 is 0 Å². The van der Waals surface area contributed by atoms with Crippen molar-refractivity contribution in [2.24, 2.45) is 0 Å². The minimum Gasteiger partial charge on any atom is -0.767 e. The van der Waals surface area contributed by atoms with E-state index >= 15 is 0 Å². The highest BCUT2D eigenvalue weighted by Crippen LogP contribution is 1.91. The van der Waals surface area contributed by atoms with Crippen molar-refractivity contribution in [3.63, 3.8) is 0 Å². The third-order valence-electron chi connectivity index (χ3n) is 1.29. The number of nitrogens with zero attached hydrogens (tertiary/aromatic N) is 1. The van der Waals surface area contributed by atoms with E-state index in [1.54, 1.807) is 0 Å². The Morgan fingerprint density at radius 1 is 1.20 bits per heavy atom. The zero-order valence-corrected chi connectivity index (χ0v) is 8.32. The van der Waals surface area contributed by atoms with Gasteiger partial charge in [-0.15, -0.1) is 0 Å². The van der Waals surface area contributed by atoms with Crippen LogP contribution in [-0.4, -0.2) is 60.5 Å². The lowest BCUT2D eigenvalue weighted by molar-refractivity contribution is -0.141. The molecule has 0 amide bonds. The maximum Gasteiger partial charge on any atom is 0.317 e. The molecule has 9 heteroatoms. The monoisotopic (exact) mass is 237 g/mol. The van der Waals surface area contributed by atoms with E-state index in [0.717, 1.165) is 4.90 Å². The first kappa shape index (κ1) is 13.7. The smallest absolute Gasteiger partial charge is 0.317 e. The highest BCUT2D eigenvalue weighted by Gasteiger charge is 2.15. The number of aliphatic carboxylic acids is 2. The van der Waals surface area contributed by atoms with Crippen LogP contribution in [0, 0.1) is 5.41 Å². The van der Waals surface area contributed by atoms with Crippen molar-refractivity contribution in [1.29, 1.82) is 5.41 Å². The van der Waals surface area contributed by atoms with Crippen molar-refractivity contribution in [2.75, 3.05) is 19.6 Å². The zero-order valence-electron chi connectivity index (χ0n) is 7.50. The molecular weight excluding hydrogens is 228 g/mol. The molecule has 0 aromatic heterocycles. The van der Waals surface area contributed by atoms with E-state index in [4.69, 9.17) is 15.6 Å². The third kappa shape index (κ3) is 6.71. The molecule has 0 bridgehead atoms. The first-order valence-corrected chi connectivity index (χ1v) is 4.73. The van der Waals surface area contributed by atoms with Crippen molar-refractivity contribution < 1.29 is 28.6 Å². The number of hydrogen-bond acceptors (Lipinski definition) is 6. The van der Waals surface area contributed by atoms with Crippen LogP contribution in [0.4, 0.5) is 0 Å². The topological polar surface area (TPSA) is 142 Å². The number of carbonyl (C=O) groups is 2. The van der Waals surface area contributed by atoms with E-state index < -0.39 is 47.7 Å². The molecule has 0 spiro atoms. The molecule has 1 atom stereocenters. The normalized spacial score (nSPS) is 12.4. The molecule has 3 N–H and O–H groups in total. The number of nitrogens with one attached hydrogen (secondary N) is 1. The summed E-state index contributed by atoms with van der Waals surface area (Å²) in [5.41, 5.74) is 0. The van der Waals surface area contributed by atoms with Gasteiger partial charge in [0.05, 0.1) is 18.1 Å². The van der Waals surface area contributed by atoms with E-state index in [1.165, 1.54) is 0 Å². The van der Waals surface area contributed by atoms with Gasteiger partial charge in [0.15, 0.2) is 0 Å². The SMILES string of the molecule is N=C(CN(CC(=O)O)CC(=O)O)S(=O)[O-]. The van der Waals surface area contributed by atoms with Crippen LogP contribution in [-0.2, 0) is 20.7 Å². The van der Waals surface area contributed by atoms with Crippen LogP contribution in [0.1, 0.15) is 0 Å². The van der Waals surface area contributed by atoms with Crippen molar-refractivity contribution in [3.8, 4) is 0 Å². The van der Waals surface area contributed by atoms with E-state index in [2.05, 4.69) is 0 Å². The van der Waals surface area contributed by atoms with Crippen molar-refractivity contribution in [3.05, 3.63) is 0 Å². The lowest BCUT2D eigenvalue weighted by atomic mass is 10.4. The summed E-state index contributed by atoms with van der Waals surface area (Å²) in [6.45, 7) is -1.80. The minimum absolute atomic E-state index is 0.533. The molecule has 0 aliphatic rings. The molecule has 0 aliphatic heterocycles. The standard InChI is InChI=1S/C6H10N2O6S/c7-4(15(13)14)1-8(2-5(9)10)3-6(11)12/h7H,1-3H2,(H,9,10)(H,11,12)(H,13,14)/p-1. The van der Waals surface area contributed by atoms with Crippen molar-refractivity contribution >= 4 is 28.1 Å². The predicted octanol–water partition coefficient (Wildman–Crippen LogP) is -1.69. The molecule has 86 valence electrons. The Morgan fingerprint density at radius 3 is 1.87 bits per heavy atom. The third-order valence-corrected chi connectivity index (χ3v) is 1.82. The van der Waals surface area contributed by atoms with Crippen LogP contribution >= 0.6 is 0 Å². The second-order valence-electron chi connectivity index (χ2n) is 2.59. The molecule has 0 aromatic carbocycles. The lowest BCUT2D eigenvalue weighted by Gasteiger charge is -2.18. The van der Waals surface area contributed by atoms with E-state index in [0.29, 0.717) is 0 Å². The Labute approximate surface area is 87.3 Å². The molecule has 0 fully saturated rings. The first-order valence-electron chi connectivity index (χ1n) is 3.65. The van der Waals surface area contributed by atoms with E-state index in [-0.39, 0.29) is 0 Å². The summed E-state index contributed by atoms with van der Waals surface area (Å²) < 4.78 is 20.5. The maximum atomic E-state index is 10.3. The quantitative estimate of drug-likeness (QED) is 0.284. The second-order valence-corrected chi connectivity index (χ2v) is 3.55. The van der Waals surface area contributed by atoms with Crippen LogP contribution in [0.15, 0.2) is 0 Å². The van der Waals surface area contributed by atoms with Gasteiger partial charge >= 0.3 is 11.9 Å². The van der Waals surface area contributed by atoms with Crippen molar-refractivity contribution in [2.45, 2.75) is 0 Å². The minimum atomic E-state index is -2.75. The van der Waals surface area contributed by atoms with Gasteiger partial charge in [-0.1, -0.05) is 0 Å². The van der Waals surface area contributed by atoms with Gasteiger partial charge in [-0.2, -0.15) is 0 Å². The molecule has 0 aliphatic carbocycles. The molecular formula is C6H9N2O6S-. The predicted molar refractivity (Wildman–Crippen MR) is 48.4 cm³/mol. The summed E-state index contributed by atoms with van der Waals surface area (Å²) in [6, 6.07) is 0. The van der Waals surface area contributed by atoms with Gasteiger partial charge in [0.1, 0.15) is 0 Å². The zero-order chi connectivity index (χ0) is 12.0. The molecule has 0 saturated heterocycles. The Bertz CT molecular complexity index is 288. The van der Waals surface area contributed by atoms with E-state index in [9.17, 15) is 18.4 Å². The Kier molecular flexibility index (Phi) is 5.67. The molecule has 0 aromatic rings. The van der Waals surface area contributed by atoms with Crippen LogP contribution in [0.25, 0.3) is 0 Å². The Balaban J connectivity index is 4.36. The Morgan fingerprint density at radius 2 is 1.60 bits per heavy atom. The van der Waals surface area contributed by atoms with Crippen LogP contribution in [0.2, 0.25) is 0 Å². The highest BCUT2D eigenvalue weighted by molar-refractivity contribution is 7.95. The summed E-state index contributed by atoms with van der Waals surface area (Å²) >= 11 is -2.75. The highest BCUT2D eigenvalue weighted by atomic mass is 32.2. The van der Waals surface area contributed by atoms with E-state index in [1.807, 2.05) is 0 Å². The largest absolute Gasteiger partial charge is 0.767 e. The number of rotatable bonds is 6. The van der Waals surface area contributed by atoms with Gasteiger partial charge in [-0.05, 0) is 11.1 Å². The second kappa shape index (κ2) is 6.22. The molecule has 8 nitrogen and oxygen atoms in total. The van der Waals surface area contributed by atoms with Gasteiger partial charge in [0.25, 0.3) is 0 Å². The van der Waals surface area contributed by atoms with Gasteiger partial charge in [0, 0.05) is 6.54 Å². The number of hydrogen-bond donors (Lipinski definition) is 3. The van der Waals surface area contributed by atoms with Gasteiger partial charge in [0.2, 0.25) is 0 Å². The molecule has 0 radical (unpaired) electrons. The summed E-state index contributed by atoms with van der Waals surface area (Å²) in [5, 5.41) is 22.9. The first-order chi connectivity index (χ1) is 6.82. The summed E-state index contributed by atoms with van der Waals surface area (Å²) in [6.07, 6.45) is 0. The Hall–Kier alpha value is -1.32. The fourth-order valence-corrected chi connectivity index (χ4v) is 1.09.